The number of fused-ring (bicyclic) bond motifs is 1. The molecule has 0 bridgehead atoms. The largest absolute Gasteiger partial charge is 0.389 e. The number of piperidine rings is 1. The van der Waals surface area contributed by atoms with E-state index < -0.39 is 5.60 Å². The maximum atomic E-state index is 10.1. The summed E-state index contributed by atoms with van der Waals surface area (Å²) >= 11 is 0. The Balaban J connectivity index is 1.86. The van der Waals surface area contributed by atoms with Crippen LogP contribution in [0.25, 0.3) is 0 Å². The normalized spacial score (nSPS) is 31.7. The van der Waals surface area contributed by atoms with Gasteiger partial charge in [-0.1, -0.05) is 6.42 Å². The molecule has 2 aliphatic heterocycles. The van der Waals surface area contributed by atoms with Crippen molar-refractivity contribution in [1.29, 1.82) is 0 Å². The summed E-state index contributed by atoms with van der Waals surface area (Å²) in [7, 11) is 0. The SMILES string of the molecule is CC(CC(C)(O)CN)N1CCN2CCCCC2C1. The molecule has 3 atom stereocenters. The first kappa shape index (κ1) is 14.3. The molecular weight excluding hydrogens is 226 g/mol. The molecule has 3 N–H and O–H groups in total. The van der Waals surface area contributed by atoms with Gasteiger partial charge in [0.15, 0.2) is 0 Å². The molecule has 0 aromatic carbocycles. The minimum absolute atomic E-state index is 0.348. The van der Waals surface area contributed by atoms with Gasteiger partial charge in [-0.25, -0.2) is 0 Å². The topological polar surface area (TPSA) is 52.7 Å². The molecule has 2 rings (SSSR count). The number of hydrogen-bond acceptors (Lipinski definition) is 4. The van der Waals surface area contributed by atoms with E-state index in [0.29, 0.717) is 12.6 Å². The van der Waals surface area contributed by atoms with Crippen LogP contribution in [0.4, 0.5) is 0 Å². The molecule has 4 heteroatoms. The van der Waals surface area contributed by atoms with E-state index in [2.05, 4.69) is 16.7 Å². The summed E-state index contributed by atoms with van der Waals surface area (Å²) in [6, 6.07) is 1.17. The van der Waals surface area contributed by atoms with E-state index in [-0.39, 0.29) is 0 Å². The van der Waals surface area contributed by atoms with Crippen LogP contribution in [0.1, 0.15) is 39.5 Å². The van der Waals surface area contributed by atoms with Crippen LogP contribution in [-0.2, 0) is 0 Å². The Bertz CT molecular complexity index is 270. The molecule has 2 aliphatic rings. The van der Waals surface area contributed by atoms with Crippen molar-refractivity contribution in [3.63, 3.8) is 0 Å². The molecule has 2 heterocycles. The van der Waals surface area contributed by atoms with Crippen LogP contribution in [0.5, 0.6) is 0 Å². The van der Waals surface area contributed by atoms with Gasteiger partial charge < -0.3 is 10.8 Å². The second-order valence-electron chi connectivity index (χ2n) is 6.43. The van der Waals surface area contributed by atoms with Crippen molar-refractivity contribution in [2.24, 2.45) is 5.73 Å². The van der Waals surface area contributed by atoms with E-state index >= 15 is 0 Å². The van der Waals surface area contributed by atoms with Crippen LogP contribution >= 0.6 is 0 Å². The first-order valence-corrected chi connectivity index (χ1v) is 7.42. The second kappa shape index (κ2) is 5.87. The van der Waals surface area contributed by atoms with Gasteiger partial charge in [0.25, 0.3) is 0 Å². The van der Waals surface area contributed by atoms with Gasteiger partial charge in [-0.2, -0.15) is 0 Å². The highest BCUT2D eigenvalue weighted by Crippen LogP contribution is 2.24. The van der Waals surface area contributed by atoms with Gasteiger partial charge in [0, 0.05) is 38.3 Å². The minimum Gasteiger partial charge on any atom is -0.389 e. The third kappa shape index (κ3) is 3.44. The number of hydrogen-bond donors (Lipinski definition) is 2. The van der Waals surface area contributed by atoms with E-state index in [1.54, 1.807) is 0 Å². The number of rotatable bonds is 4. The van der Waals surface area contributed by atoms with Gasteiger partial charge in [-0.3, -0.25) is 9.80 Å². The summed E-state index contributed by atoms with van der Waals surface area (Å²) in [5.41, 5.74) is 4.89. The van der Waals surface area contributed by atoms with Crippen molar-refractivity contribution < 1.29 is 5.11 Å². The van der Waals surface area contributed by atoms with Crippen LogP contribution in [0, 0.1) is 0 Å². The maximum Gasteiger partial charge on any atom is 0.0756 e. The molecule has 0 saturated carbocycles. The van der Waals surface area contributed by atoms with E-state index in [1.807, 2.05) is 6.92 Å². The molecular formula is C14H29N3O. The number of piperazine rings is 1. The van der Waals surface area contributed by atoms with E-state index in [9.17, 15) is 5.11 Å². The summed E-state index contributed by atoms with van der Waals surface area (Å²) in [6.07, 6.45) is 4.87. The zero-order valence-corrected chi connectivity index (χ0v) is 11.9. The van der Waals surface area contributed by atoms with Crippen molar-refractivity contribution in [1.82, 2.24) is 9.80 Å². The van der Waals surface area contributed by atoms with Crippen LogP contribution < -0.4 is 5.73 Å². The fourth-order valence-corrected chi connectivity index (χ4v) is 3.43. The van der Waals surface area contributed by atoms with Crippen LogP contribution in [0.3, 0.4) is 0 Å². The fraction of sp³-hybridized carbons (Fsp3) is 1.00. The van der Waals surface area contributed by atoms with E-state index in [4.69, 9.17) is 5.73 Å². The monoisotopic (exact) mass is 255 g/mol. The van der Waals surface area contributed by atoms with Crippen molar-refractivity contribution >= 4 is 0 Å². The van der Waals surface area contributed by atoms with Crippen LogP contribution in [0.2, 0.25) is 0 Å². The standard InChI is InChI=1S/C14H29N3O/c1-12(9-14(2,18)11-15)17-8-7-16-6-4-3-5-13(16)10-17/h12-13,18H,3-11,15H2,1-2H3. The number of nitrogens with two attached hydrogens (primary N) is 1. The molecule has 106 valence electrons. The van der Waals surface area contributed by atoms with Gasteiger partial charge in [-0.05, 0) is 39.7 Å². The Morgan fingerprint density at radius 1 is 1.33 bits per heavy atom. The van der Waals surface area contributed by atoms with Crippen LogP contribution in [-0.4, -0.2) is 65.3 Å². The molecule has 0 aromatic heterocycles. The van der Waals surface area contributed by atoms with Gasteiger partial charge >= 0.3 is 0 Å². The van der Waals surface area contributed by atoms with E-state index in [0.717, 1.165) is 19.0 Å². The average molecular weight is 255 g/mol. The molecule has 2 saturated heterocycles. The van der Waals surface area contributed by atoms with Gasteiger partial charge in [0.1, 0.15) is 0 Å². The molecule has 0 aromatic rings. The lowest BCUT2D eigenvalue weighted by molar-refractivity contribution is -0.00650. The molecule has 18 heavy (non-hydrogen) atoms. The first-order chi connectivity index (χ1) is 8.52. The third-order valence-corrected chi connectivity index (χ3v) is 4.67. The van der Waals surface area contributed by atoms with Crippen molar-refractivity contribution in [3.05, 3.63) is 0 Å². The van der Waals surface area contributed by atoms with Crippen molar-refractivity contribution in [2.75, 3.05) is 32.7 Å². The molecule has 0 amide bonds. The molecule has 0 spiro atoms. The fourth-order valence-electron chi connectivity index (χ4n) is 3.43. The smallest absolute Gasteiger partial charge is 0.0756 e. The zero-order chi connectivity index (χ0) is 13.2. The highest BCUT2D eigenvalue weighted by atomic mass is 16.3. The number of nitrogens with zero attached hydrogens (tertiary/aromatic N) is 2. The Hall–Kier alpha value is -0.160. The molecule has 3 unspecified atom stereocenters. The van der Waals surface area contributed by atoms with Gasteiger partial charge in [0.05, 0.1) is 5.60 Å². The van der Waals surface area contributed by atoms with E-state index in [1.165, 1.54) is 38.9 Å². The number of aliphatic hydroxyl groups is 1. The molecule has 2 fully saturated rings. The lowest BCUT2D eigenvalue weighted by Gasteiger charge is -2.46. The predicted molar refractivity (Wildman–Crippen MR) is 74.5 cm³/mol. The Labute approximate surface area is 111 Å². The van der Waals surface area contributed by atoms with Crippen molar-refractivity contribution in [3.8, 4) is 0 Å². The highest BCUT2D eigenvalue weighted by Gasteiger charge is 2.32. The zero-order valence-electron chi connectivity index (χ0n) is 11.9. The van der Waals surface area contributed by atoms with Gasteiger partial charge in [-0.15, -0.1) is 0 Å². The quantitative estimate of drug-likeness (QED) is 0.774. The Morgan fingerprint density at radius 2 is 2.11 bits per heavy atom. The summed E-state index contributed by atoms with van der Waals surface area (Å²) in [5, 5.41) is 10.1. The molecule has 0 aliphatic carbocycles. The summed E-state index contributed by atoms with van der Waals surface area (Å²) in [6.45, 7) is 9.21. The molecule has 0 radical (unpaired) electrons. The summed E-state index contributed by atoms with van der Waals surface area (Å²) < 4.78 is 0. The molecule has 4 nitrogen and oxygen atoms in total. The maximum absolute atomic E-state index is 10.1. The van der Waals surface area contributed by atoms with Crippen molar-refractivity contribution in [2.45, 2.75) is 57.2 Å². The highest BCUT2D eigenvalue weighted by molar-refractivity contribution is 4.89. The van der Waals surface area contributed by atoms with Crippen LogP contribution in [0.15, 0.2) is 0 Å². The Morgan fingerprint density at radius 3 is 2.83 bits per heavy atom. The lowest BCUT2D eigenvalue weighted by atomic mass is 9.94. The van der Waals surface area contributed by atoms with Gasteiger partial charge in [0.2, 0.25) is 0 Å². The average Bonchev–Trinajstić information content (AvgIpc) is 2.37. The minimum atomic E-state index is -0.719. The predicted octanol–water partition coefficient (Wildman–Crippen LogP) is 0.645. The second-order valence-corrected chi connectivity index (χ2v) is 6.43. The summed E-state index contributed by atoms with van der Waals surface area (Å²) in [5.74, 6) is 0. The lowest BCUT2D eigenvalue weighted by Crippen LogP contribution is -2.57. The Kier molecular flexibility index (Phi) is 4.64. The third-order valence-electron chi connectivity index (χ3n) is 4.67. The summed E-state index contributed by atoms with van der Waals surface area (Å²) in [4.78, 5) is 5.18. The first-order valence-electron chi connectivity index (χ1n) is 7.42.